The highest BCUT2D eigenvalue weighted by molar-refractivity contribution is 5.42. The lowest BCUT2D eigenvalue weighted by atomic mass is 10.0. The number of ether oxygens (including phenoxy) is 2. The van der Waals surface area contributed by atoms with Gasteiger partial charge in [0.1, 0.15) is 0 Å². The Morgan fingerprint density at radius 3 is 1.46 bits per heavy atom. The van der Waals surface area contributed by atoms with E-state index < -0.39 is 0 Å². The summed E-state index contributed by atoms with van der Waals surface area (Å²) in [6.45, 7) is 5.51. The molecule has 0 aliphatic heterocycles. The molecule has 0 aliphatic rings. The maximum absolute atomic E-state index is 9.92. The van der Waals surface area contributed by atoms with Crippen molar-refractivity contribution in [3.63, 3.8) is 0 Å². The SMILES string of the molecule is CCCCOc1cc(CCCCc2ccc(O)c(OCCCC)c2)ccc1O. The fraction of sp³-hybridized carbons (Fsp3) is 0.500. The van der Waals surface area contributed by atoms with Gasteiger partial charge in [-0.25, -0.2) is 0 Å². The first-order valence-electron chi connectivity index (χ1n) is 10.5. The van der Waals surface area contributed by atoms with Crippen LogP contribution in [0.1, 0.15) is 63.5 Å². The van der Waals surface area contributed by atoms with Crippen LogP contribution in [0.25, 0.3) is 0 Å². The van der Waals surface area contributed by atoms with Crippen LogP contribution in [0.5, 0.6) is 23.0 Å². The van der Waals surface area contributed by atoms with E-state index in [1.165, 1.54) is 11.1 Å². The Labute approximate surface area is 169 Å². The highest BCUT2D eigenvalue weighted by Crippen LogP contribution is 2.29. The fourth-order valence-electron chi connectivity index (χ4n) is 2.97. The molecular weight excluding hydrogens is 352 g/mol. The molecule has 0 unspecified atom stereocenters. The number of unbranched alkanes of at least 4 members (excludes halogenated alkanes) is 3. The van der Waals surface area contributed by atoms with Crippen molar-refractivity contribution < 1.29 is 19.7 Å². The van der Waals surface area contributed by atoms with Crippen molar-refractivity contribution in [3.05, 3.63) is 47.5 Å². The van der Waals surface area contributed by atoms with Crippen molar-refractivity contribution >= 4 is 0 Å². The van der Waals surface area contributed by atoms with E-state index in [2.05, 4.69) is 13.8 Å². The zero-order valence-electron chi connectivity index (χ0n) is 17.2. The van der Waals surface area contributed by atoms with E-state index in [9.17, 15) is 10.2 Å². The minimum atomic E-state index is 0.208. The fourth-order valence-corrected chi connectivity index (χ4v) is 2.97. The molecule has 0 bridgehead atoms. The van der Waals surface area contributed by atoms with Gasteiger partial charge in [0.2, 0.25) is 0 Å². The highest BCUT2D eigenvalue weighted by Gasteiger charge is 2.06. The Balaban J connectivity index is 1.80. The average Bonchev–Trinajstić information content (AvgIpc) is 2.70. The van der Waals surface area contributed by atoms with Gasteiger partial charge in [0.05, 0.1) is 13.2 Å². The van der Waals surface area contributed by atoms with E-state index in [1.54, 1.807) is 12.1 Å². The quantitative estimate of drug-likeness (QED) is 0.413. The summed E-state index contributed by atoms with van der Waals surface area (Å²) in [7, 11) is 0. The first-order chi connectivity index (χ1) is 13.6. The number of benzene rings is 2. The molecule has 154 valence electrons. The Morgan fingerprint density at radius 1 is 0.643 bits per heavy atom. The highest BCUT2D eigenvalue weighted by atomic mass is 16.5. The Bertz CT molecular complexity index is 650. The van der Waals surface area contributed by atoms with Crippen molar-refractivity contribution in [2.45, 2.75) is 65.2 Å². The van der Waals surface area contributed by atoms with Gasteiger partial charge in [0.15, 0.2) is 23.0 Å². The zero-order chi connectivity index (χ0) is 20.2. The molecule has 2 rings (SSSR count). The molecule has 0 aromatic heterocycles. The lowest BCUT2D eigenvalue weighted by molar-refractivity contribution is 0.292. The molecule has 2 N–H and O–H groups in total. The van der Waals surface area contributed by atoms with Crippen LogP contribution in [0.15, 0.2) is 36.4 Å². The van der Waals surface area contributed by atoms with Gasteiger partial charge >= 0.3 is 0 Å². The summed E-state index contributed by atoms with van der Waals surface area (Å²) >= 11 is 0. The summed E-state index contributed by atoms with van der Waals surface area (Å²) in [6.07, 6.45) is 8.11. The minimum Gasteiger partial charge on any atom is -0.504 e. The first kappa shape index (κ1) is 21.9. The molecular formula is C24H34O4. The second kappa shape index (κ2) is 12.2. The van der Waals surface area contributed by atoms with Gasteiger partial charge in [-0.1, -0.05) is 38.8 Å². The zero-order valence-corrected chi connectivity index (χ0v) is 17.2. The second-order valence-corrected chi connectivity index (χ2v) is 7.22. The van der Waals surface area contributed by atoms with Crippen LogP contribution in [-0.4, -0.2) is 23.4 Å². The standard InChI is InChI=1S/C24H34O4/c1-3-5-15-27-23-17-19(11-13-21(23)25)9-7-8-10-20-12-14-22(26)24(18-20)28-16-6-4-2/h11-14,17-18,25-26H,3-10,15-16H2,1-2H3. The van der Waals surface area contributed by atoms with Gasteiger partial charge in [-0.15, -0.1) is 0 Å². The number of rotatable bonds is 13. The van der Waals surface area contributed by atoms with Crippen molar-refractivity contribution in [1.82, 2.24) is 0 Å². The molecule has 0 spiro atoms. The third kappa shape index (κ3) is 7.34. The number of aryl methyl sites for hydroxylation is 2. The van der Waals surface area contributed by atoms with Gasteiger partial charge in [0, 0.05) is 0 Å². The molecule has 0 saturated carbocycles. The predicted molar refractivity (Wildman–Crippen MR) is 114 cm³/mol. The monoisotopic (exact) mass is 386 g/mol. The molecule has 0 fully saturated rings. The van der Waals surface area contributed by atoms with E-state index in [0.717, 1.165) is 51.4 Å². The summed E-state index contributed by atoms with van der Waals surface area (Å²) < 4.78 is 11.3. The third-order valence-electron chi connectivity index (χ3n) is 4.74. The maximum Gasteiger partial charge on any atom is 0.161 e. The van der Waals surface area contributed by atoms with Crippen LogP contribution in [0.2, 0.25) is 0 Å². The summed E-state index contributed by atoms with van der Waals surface area (Å²) in [5, 5.41) is 19.8. The van der Waals surface area contributed by atoms with Crippen LogP contribution in [0.3, 0.4) is 0 Å². The van der Waals surface area contributed by atoms with Crippen LogP contribution in [0.4, 0.5) is 0 Å². The molecule has 28 heavy (non-hydrogen) atoms. The van der Waals surface area contributed by atoms with Crippen molar-refractivity contribution in [2.75, 3.05) is 13.2 Å². The number of hydrogen-bond acceptors (Lipinski definition) is 4. The van der Waals surface area contributed by atoms with Gasteiger partial charge < -0.3 is 19.7 Å². The summed E-state index contributed by atoms with van der Waals surface area (Å²) in [5.74, 6) is 1.58. The van der Waals surface area contributed by atoms with Crippen LogP contribution in [0, 0.1) is 0 Å². The molecule has 4 heteroatoms. The molecule has 4 nitrogen and oxygen atoms in total. The van der Waals surface area contributed by atoms with Gasteiger partial charge in [-0.05, 0) is 73.9 Å². The minimum absolute atomic E-state index is 0.208. The molecule has 2 aromatic rings. The first-order valence-corrected chi connectivity index (χ1v) is 10.5. The maximum atomic E-state index is 9.92. The lowest BCUT2D eigenvalue weighted by Crippen LogP contribution is -1.98. The van der Waals surface area contributed by atoms with Crippen LogP contribution in [-0.2, 0) is 12.8 Å². The Hall–Kier alpha value is -2.36. The van der Waals surface area contributed by atoms with Gasteiger partial charge in [-0.2, -0.15) is 0 Å². The van der Waals surface area contributed by atoms with E-state index >= 15 is 0 Å². The largest absolute Gasteiger partial charge is 0.504 e. The van der Waals surface area contributed by atoms with Gasteiger partial charge in [-0.3, -0.25) is 0 Å². The number of hydrogen-bond donors (Lipinski definition) is 2. The van der Waals surface area contributed by atoms with Crippen LogP contribution >= 0.6 is 0 Å². The number of aromatic hydroxyl groups is 2. The Kier molecular flexibility index (Phi) is 9.53. The number of phenols is 2. The molecule has 0 amide bonds. The molecule has 0 radical (unpaired) electrons. The van der Waals surface area contributed by atoms with E-state index in [4.69, 9.17) is 9.47 Å². The second-order valence-electron chi connectivity index (χ2n) is 7.22. The molecule has 0 aliphatic carbocycles. The summed E-state index contributed by atoms with van der Waals surface area (Å²) in [6, 6.07) is 11.3. The topological polar surface area (TPSA) is 58.9 Å². The molecule has 0 heterocycles. The van der Waals surface area contributed by atoms with E-state index in [1.807, 2.05) is 24.3 Å². The van der Waals surface area contributed by atoms with Crippen LogP contribution < -0.4 is 9.47 Å². The molecule has 2 aromatic carbocycles. The van der Waals surface area contributed by atoms with Crippen molar-refractivity contribution in [3.8, 4) is 23.0 Å². The molecule has 0 saturated heterocycles. The smallest absolute Gasteiger partial charge is 0.161 e. The normalized spacial score (nSPS) is 10.8. The molecule has 0 atom stereocenters. The van der Waals surface area contributed by atoms with E-state index in [-0.39, 0.29) is 11.5 Å². The van der Waals surface area contributed by atoms with Gasteiger partial charge in [0.25, 0.3) is 0 Å². The summed E-state index contributed by atoms with van der Waals surface area (Å²) in [4.78, 5) is 0. The van der Waals surface area contributed by atoms with E-state index in [0.29, 0.717) is 24.7 Å². The van der Waals surface area contributed by atoms with Crippen molar-refractivity contribution in [2.24, 2.45) is 0 Å². The Morgan fingerprint density at radius 2 is 1.07 bits per heavy atom. The lowest BCUT2D eigenvalue weighted by Gasteiger charge is -2.11. The average molecular weight is 387 g/mol. The number of phenolic OH excluding ortho intramolecular Hbond substituents is 2. The summed E-state index contributed by atoms with van der Waals surface area (Å²) in [5.41, 5.74) is 2.36. The third-order valence-corrected chi connectivity index (χ3v) is 4.74. The predicted octanol–water partition coefficient (Wildman–Crippen LogP) is 6.02. The van der Waals surface area contributed by atoms with Crippen molar-refractivity contribution in [1.29, 1.82) is 0 Å².